The number of benzene rings is 1. The van der Waals surface area contributed by atoms with Crippen molar-refractivity contribution in [1.82, 2.24) is 4.98 Å². The van der Waals surface area contributed by atoms with Crippen LogP contribution in [0.15, 0.2) is 28.7 Å². The lowest BCUT2D eigenvalue weighted by Gasteiger charge is -2.06. The number of pyridine rings is 1. The van der Waals surface area contributed by atoms with Crippen LogP contribution in [-0.4, -0.2) is 4.98 Å². The number of nitriles is 1. The zero-order valence-corrected chi connectivity index (χ0v) is 12.6. The zero-order valence-electron chi connectivity index (χ0n) is 8.72. The molecule has 0 aliphatic rings. The number of hydrogen-bond donors (Lipinski definition) is 0. The van der Waals surface area contributed by atoms with E-state index in [1.54, 1.807) is 24.3 Å². The van der Waals surface area contributed by atoms with Crippen molar-refractivity contribution in [2.24, 2.45) is 0 Å². The summed E-state index contributed by atoms with van der Waals surface area (Å²) >= 11 is 21.1. The van der Waals surface area contributed by atoms with Gasteiger partial charge in [-0.05, 0) is 34.1 Å². The van der Waals surface area contributed by atoms with Crippen molar-refractivity contribution in [3.8, 4) is 17.3 Å². The van der Waals surface area contributed by atoms with E-state index in [-0.39, 0.29) is 5.15 Å². The molecule has 0 bridgehead atoms. The van der Waals surface area contributed by atoms with E-state index in [1.807, 2.05) is 6.07 Å². The Kier molecular flexibility index (Phi) is 4.14. The molecule has 1 aromatic carbocycles. The Labute approximate surface area is 127 Å². The summed E-state index contributed by atoms with van der Waals surface area (Å²) in [5, 5.41) is 9.91. The minimum Gasteiger partial charge on any atom is -0.233 e. The maximum absolute atomic E-state index is 8.85. The monoisotopic (exact) mass is 360 g/mol. The first-order valence-corrected chi connectivity index (χ1v) is 6.67. The largest absolute Gasteiger partial charge is 0.233 e. The number of aromatic nitrogens is 1. The van der Waals surface area contributed by atoms with Crippen LogP contribution in [0.3, 0.4) is 0 Å². The Balaban J connectivity index is 2.61. The van der Waals surface area contributed by atoms with Crippen LogP contribution in [0.5, 0.6) is 0 Å². The average molecular weight is 362 g/mol. The highest BCUT2D eigenvalue weighted by Gasteiger charge is 2.11. The van der Waals surface area contributed by atoms with E-state index < -0.39 is 0 Å². The second-order valence-electron chi connectivity index (χ2n) is 3.40. The molecule has 0 spiro atoms. The summed E-state index contributed by atoms with van der Waals surface area (Å²) in [4.78, 5) is 4.18. The van der Waals surface area contributed by atoms with Crippen LogP contribution in [0.4, 0.5) is 0 Å². The lowest BCUT2D eigenvalue weighted by molar-refractivity contribution is 1.28. The van der Waals surface area contributed by atoms with Crippen LogP contribution in [0.2, 0.25) is 15.2 Å². The molecular weight excluding hydrogens is 358 g/mol. The third-order valence-electron chi connectivity index (χ3n) is 2.24. The number of halogens is 4. The Hall–Kier alpha value is -0.790. The molecule has 0 atom stereocenters. The fraction of sp³-hybridized carbons (Fsp3) is 0. The van der Waals surface area contributed by atoms with E-state index in [9.17, 15) is 0 Å². The highest BCUT2D eigenvalue weighted by atomic mass is 79.9. The topological polar surface area (TPSA) is 36.7 Å². The molecule has 2 nitrogen and oxygen atoms in total. The standard InChI is InChI=1S/C12H4BrCl3N2/c13-8-3-7(5-17)12(16)18-11(8)6-1-2-9(14)10(15)4-6/h1-4H. The molecule has 0 saturated heterocycles. The molecule has 0 amide bonds. The first-order valence-electron chi connectivity index (χ1n) is 4.74. The van der Waals surface area contributed by atoms with Crippen LogP contribution >= 0.6 is 50.7 Å². The molecular formula is C12H4BrCl3N2. The highest BCUT2D eigenvalue weighted by Crippen LogP contribution is 2.33. The van der Waals surface area contributed by atoms with Gasteiger partial charge in [0.05, 0.1) is 21.3 Å². The van der Waals surface area contributed by atoms with E-state index >= 15 is 0 Å². The number of rotatable bonds is 1. The predicted molar refractivity (Wildman–Crippen MR) is 77.1 cm³/mol. The summed E-state index contributed by atoms with van der Waals surface area (Å²) in [5.74, 6) is 0. The van der Waals surface area contributed by atoms with Gasteiger partial charge in [0.1, 0.15) is 11.2 Å². The minimum atomic E-state index is 0.154. The molecule has 0 unspecified atom stereocenters. The Morgan fingerprint density at radius 1 is 1.11 bits per heavy atom. The molecule has 2 rings (SSSR count). The van der Waals surface area contributed by atoms with Crippen molar-refractivity contribution in [1.29, 1.82) is 5.26 Å². The summed E-state index contributed by atoms with van der Waals surface area (Å²) in [6.45, 7) is 0. The van der Waals surface area contributed by atoms with Gasteiger partial charge in [-0.25, -0.2) is 4.98 Å². The summed E-state index contributed by atoms with van der Waals surface area (Å²) < 4.78 is 0.668. The van der Waals surface area contributed by atoms with Gasteiger partial charge >= 0.3 is 0 Å². The van der Waals surface area contributed by atoms with Crippen LogP contribution in [0.25, 0.3) is 11.3 Å². The van der Waals surface area contributed by atoms with Crippen molar-refractivity contribution < 1.29 is 0 Å². The molecule has 0 aliphatic carbocycles. The lowest BCUT2D eigenvalue weighted by atomic mass is 10.1. The van der Waals surface area contributed by atoms with Gasteiger partial charge in [0.15, 0.2) is 0 Å². The van der Waals surface area contributed by atoms with E-state index in [0.29, 0.717) is 25.8 Å². The summed E-state index contributed by atoms with van der Waals surface area (Å²) in [7, 11) is 0. The average Bonchev–Trinajstić information content (AvgIpc) is 2.35. The molecule has 90 valence electrons. The maximum atomic E-state index is 8.85. The Morgan fingerprint density at radius 3 is 2.44 bits per heavy atom. The molecule has 1 aromatic heterocycles. The van der Waals surface area contributed by atoms with Gasteiger partial charge in [-0.2, -0.15) is 5.26 Å². The first-order chi connectivity index (χ1) is 8.52. The minimum absolute atomic E-state index is 0.154. The van der Waals surface area contributed by atoms with E-state index in [1.165, 1.54) is 0 Å². The Bertz CT molecular complexity index is 665. The Morgan fingerprint density at radius 2 is 1.83 bits per heavy atom. The molecule has 18 heavy (non-hydrogen) atoms. The lowest BCUT2D eigenvalue weighted by Crippen LogP contribution is -1.90. The van der Waals surface area contributed by atoms with Crippen molar-refractivity contribution in [2.75, 3.05) is 0 Å². The van der Waals surface area contributed by atoms with Gasteiger partial charge in [-0.1, -0.05) is 40.9 Å². The fourth-order valence-electron chi connectivity index (χ4n) is 1.39. The van der Waals surface area contributed by atoms with Crippen LogP contribution in [0, 0.1) is 11.3 Å². The fourth-order valence-corrected chi connectivity index (χ4v) is 2.42. The maximum Gasteiger partial charge on any atom is 0.147 e. The molecule has 0 aliphatic heterocycles. The van der Waals surface area contributed by atoms with Crippen molar-refractivity contribution >= 4 is 50.7 Å². The third-order valence-corrected chi connectivity index (χ3v) is 3.87. The molecule has 0 N–H and O–H groups in total. The number of nitrogens with zero attached hydrogens (tertiary/aromatic N) is 2. The second kappa shape index (κ2) is 5.46. The highest BCUT2D eigenvalue weighted by molar-refractivity contribution is 9.10. The van der Waals surface area contributed by atoms with Gasteiger partial charge in [-0.3, -0.25) is 0 Å². The molecule has 6 heteroatoms. The summed E-state index contributed by atoms with van der Waals surface area (Å²) in [6.07, 6.45) is 0. The van der Waals surface area contributed by atoms with Crippen molar-refractivity contribution in [2.45, 2.75) is 0 Å². The molecule has 0 saturated carbocycles. The second-order valence-corrected chi connectivity index (χ2v) is 5.42. The first kappa shape index (κ1) is 13.6. The normalized spacial score (nSPS) is 10.2. The third kappa shape index (κ3) is 2.62. The van der Waals surface area contributed by atoms with E-state index in [4.69, 9.17) is 40.1 Å². The smallest absolute Gasteiger partial charge is 0.147 e. The predicted octanol–water partition coefficient (Wildman–Crippen LogP) is 5.34. The van der Waals surface area contributed by atoms with Gasteiger partial charge in [0, 0.05) is 10.0 Å². The molecule has 1 heterocycles. The van der Waals surface area contributed by atoms with Crippen LogP contribution in [0.1, 0.15) is 5.56 Å². The van der Waals surface area contributed by atoms with Gasteiger partial charge in [0.25, 0.3) is 0 Å². The van der Waals surface area contributed by atoms with E-state index in [0.717, 1.165) is 5.56 Å². The SMILES string of the molecule is N#Cc1cc(Br)c(-c2ccc(Cl)c(Cl)c2)nc1Cl. The van der Waals surface area contributed by atoms with Crippen molar-refractivity contribution in [3.05, 3.63) is 49.5 Å². The number of hydrogen-bond acceptors (Lipinski definition) is 2. The van der Waals surface area contributed by atoms with E-state index in [2.05, 4.69) is 20.9 Å². The summed E-state index contributed by atoms with van der Waals surface area (Å²) in [6, 6.07) is 8.74. The van der Waals surface area contributed by atoms with Gasteiger partial charge < -0.3 is 0 Å². The van der Waals surface area contributed by atoms with Gasteiger partial charge in [-0.15, -0.1) is 0 Å². The van der Waals surface area contributed by atoms with Crippen LogP contribution < -0.4 is 0 Å². The zero-order chi connectivity index (χ0) is 13.3. The molecule has 0 radical (unpaired) electrons. The quantitative estimate of drug-likeness (QED) is 0.642. The molecule has 2 aromatic rings. The van der Waals surface area contributed by atoms with Crippen molar-refractivity contribution in [3.63, 3.8) is 0 Å². The van der Waals surface area contributed by atoms with Gasteiger partial charge in [0.2, 0.25) is 0 Å². The molecule has 0 fully saturated rings. The van der Waals surface area contributed by atoms with Crippen LogP contribution in [-0.2, 0) is 0 Å². The summed E-state index contributed by atoms with van der Waals surface area (Å²) in [5.41, 5.74) is 1.69.